The molecule has 1 saturated carbocycles. The number of carbonyl (C=O) groups is 2. The van der Waals surface area contributed by atoms with E-state index in [1.807, 2.05) is 30.3 Å². The van der Waals surface area contributed by atoms with E-state index in [1.165, 1.54) is 34.0 Å². The van der Waals surface area contributed by atoms with Gasteiger partial charge < -0.3 is 5.32 Å². The van der Waals surface area contributed by atoms with Crippen LogP contribution in [-0.4, -0.2) is 43.0 Å². The van der Waals surface area contributed by atoms with Gasteiger partial charge in [0.2, 0.25) is 11.7 Å². The van der Waals surface area contributed by atoms with Crippen LogP contribution in [0.15, 0.2) is 79.0 Å². The Morgan fingerprint density at radius 3 is 2.42 bits per heavy atom. The van der Waals surface area contributed by atoms with Crippen LogP contribution in [0.25, 0.3) is 11.4 Å². The van der Waals surface area contributed by atoms with Crippen molar-refractivity contribution >= 4 is 17.5 Å². The molecule has 1 N–H and O–H groups in total. The number of nitrogens with one attached hydrogen (secondary N) is 1. The number of hydrogen-bond donors (Lipinski definition) is 1. The molecule has 2 aromatic carbocycles. The first kappa shape index (κ1) is 25.2. The minimum Gasteiger partial charge on any atom is -0.351 e. The minimum absolute atomic E-state index is 0.0260. The molecule has 2 heterocycles. The van der Waals surface area contributed by atoms with Gasteiger partial charge in [-0.2, -0.15) is 4.80 Å². The van der Waals surface area contributed by atoms with Crippen molar-refractivity contribution in [2.45, 2.75) is 50.7 Å². The number of tetrazole rings is 1. The number of halogens is 1. The lowest BCUT2D eigenvalue weighted by atomic mass is 9.95. The standard InChI is InChI=1S/C28H28FN7O2/c29-21-14-16-23(17-15-21)36(25(37)19-35-33-27(32-34-35)20-9-3-1-4-10-20)26(24-13-7-8-18-30-24)28(38)31-22-11-5-2-6-12-22/h1,3-4,7-10,13-18,22,26H,2,5-6,11-12,19H2,(H,31,38)/t26-/m1/s1. The third kappa shape index (κ3) is 5.91. The van der Waals surface area contributed by atoms with Gasteiger partial charge in [-0.15, -0.1) is 10.2 Å². The van der Waals surface area contributed by atoms with Gasteiger partial charge >= 0.3 is 0 Å². The van der Waals surface area contributed by atoms with Crippen molar-refractivity contribution < 1.29 is 14.0 Å². The number of rotatable bonds is 8. The first-order valence-corrected chi connectivity index (χ1v) is 12.7. The predicted molar refractivity (Wildman–Crippen MR) is 139 cm³/mol. The summed E-state index contributed by atoms with van der Waals surface area (Å²) in [5.41, 5.74) is 1.52. The van der Waals surface area contributed by atoms with Crippen LogP contribution in [0.4, 0.5) is 10.1 Å². The average molecular weight is 514 g/mol. The van der Waals surface area contributed by atoms with Gasteiger partial charge in [0.1, 0.15) is 12.4 Å². The zero-order valence-electron chi connectivity index (χ0n) is 20.8. The number of carbonyl (C=O) groups excluding carboxylic acids is 2. The van der Waals surface area contributed by atoms with Crippen LogP contribution in [0, 0.1) is 5.82 Å². The number of nitrogens with zero attached hydrogens (tertiary/aromatic N) is 6. The van der Waals surface area contributed by atoms with E-state index in [1.54, 1.807) is 24.4 Å². The number of anilines is 1. The van der Waals surface area contributed by atoms with Crippen LogP contribution >= 0.6 is 0 Å². The highest BCUT2D eigenvalue weighted by molar-refractivity contribution is 6.01. The maximum absolute atomic E-state index is 13.9. The lowest BCUT2D eigenvalue weighted by Crippen LogP contribution is -2.48. The van der Waals surface area contributed by atoms with Gasteiger partial charge in [-0.25, -0.2) is 4.39 Å². The Bertz CT molecular complexity index is 1360. The zero-order chi connectivity index (χ0) is 26.3. The normalized spacial score (nSPS) is 14.6. The molecule has 38 heavy (non-hydrogen) atoms. The summed E-state index contributed by atoms with van der Waals surface area (Å²) < 4.78 is 13.8. The summed E-state index contributed by atoms with van der Waals surface area (Å²) in [7, 11) is 0. The Hall–Kier alpha value is -4.47. The van der Waals surface area contributed by atoms with Crippen molar-refractivity contribution in [3.8, 4) is 11.4 Å². The van der Waals surface area contributed by atoms with Crippen molar-refractivity contribution in [3.63, 3.8) is 0 Å². The van der Waals surface area contributed by atoms with Gasteiger partial charge in [0, 0.05) is 23.5 Å². The molecule has 1 atom stereocenters. The molecule has 2 amide bonds. The molecular weight excluding hydrogens is 485 g/mol. The fraction of sp³-hybridized carbons (Fsp3) is 0.286. The van der Waals surface area contributed by atoms with Crippen LogP contribution in [0.1, 0.15) is 43.8 Å². The SMILES string of the molecule is O=C(NC1CCCCC1)[C@@H](c1ccccn1)N(C(=O)Cn1nnc(-c2ccccc2)n1)c1ccc(F)cc1. The molecule has 0 radical (unpaired) electrons. The van der Waals surface area contributed by atoms with E-state index < -0.39 is 17.8 Å². The summed E-state index contributed by atoms with van der Waals surface area (Å²) in [6.07, 6.45) is 6.58. The second-order valence-corrected chi connectivity index (χ2v) is 9.25. The topological polar surface area (TPSA) is 106 Å². The molecule has 0 bridgehead atoms. The molecule has 1 aliphatic rings. The van der Waals surface area contributed by atoms with Crippen LogP contribution < -0.4 is 10.2 Å². The fourth-order valence-corrected chi connectivity index (χ4v) is 4.70. The van der Waals surface area contributed by atoms with E-state index in [-0.39, 0.29) is 18.5 Å². The summed E-state index contributed by atoms with van der Waals surface area (Å²) in [5, 5.41) is 15.6. The Balaban J connectivity index is 1.48. The first-order chi connectivity index (χ1) is 18.6. The minimum atomic E-state index is -1.08. The van der Waals surface area contributed by atoms with E-state index >= 15 is 0 Å². The number of pyridine rings is 1. The molecule has 4 aromatic rings. The van der Waals surface area contributed by atoms with Crippen LogP contribution in [0.2, 0.25) is 0 Å². The van der Waals surface area contributed by atoms with E-state index in [2.05, 4.69) is 25.7 Å². The second-order valence-electron chi connectivity index (χ2n) is 9.25. The lowest BCUT2D eigenvalue weighted by molar-refractivity contribution is -0.127. The molecular formula is C28H28FN7O2. The third-order valence-corrected chi connectivity index (χ3v) is 6.56. The summed E-state index contributed by atoms with van der Waals surface area (Å²) in [6, 6.07) is 18.9. The second kappa shape index (κ2) is 11.7. The van der Waals surface area contributed by atoms with E-state index in [4.69, 9.17) is 0 Å². The number of benzene rings is 2. The molecule has 194 valence electrons. The van der Waals surface area contributed by atoms with Gasteiger partial charge in [-0.1, -0.05) is 55.7 Å². The van der Waals surface area contributed by atoms with Gasteiger partial charge in [-0.05, 0) is 54.5 Å². The van der Waals surface area contributed by atoms with Crippen LogP contribution in [-0.2, 0) is 16.1 Å². The van der Waals surface area contributed by atoms with E-state index in [0.29, 0.717) is 17.2 Å². The van der Waals surface area contributed by atoms with Gasteiger partial charge in [0.15, 0.2) is 6.04 Å². The van der Waals surface area contributed by atoms with Gasteiger partial charge in [0.25, 0.3) is 5.91 Å². The first-order valence-electron chi connectivity index (χ1n) is 12.7. The van der Waals surface area contributed by atoms with Crippen LogP contribution in [0.5, 0.6) is 0 Å². The van der Waals surface area contributed by atoms with Crippen LogP contribution in [0.3, 0.4) is 0 Å². The Morgan fingerprint density at radius 2 is 1.71 bits per heavy atom. The number of amides is 2. The largest absolute Gasteiger partial charge is 0.351 e. The molecule has 10 heteroatoms. The molecule has 0 spiro atoms. The lowest BCUT2D eigenvalue weighted by Gasteiger charge is -2.32. The molecule has 0 saturated heterocycles. The van der Waals surface area contributed by atoms with Gasteiger partial charge in [-0.3, -0.25) is 19.5 Å². The summed E-state index contributed by atoms with van der Waals surface area (Å²) in [5.74, 6) is -0.886. The Morgan fingerprint density at radius 1 is 0.974 bits per heavy atom. The van der Waals surface area contributed by atoms with E-state index in [9.17, 15) is 14.0 Å². The average Bonchev–Trinajstić information content (AvgIpc) is 3.42. The third-order valence-electron chi connectivity index (χ3n) is 6.56. The highest BCUT2D eigenvalue weighted by atomic mass is 19.1. The van der Waals surface area contributed by atoms with Crippen molar-refractivity contribution in [2.75, 3.05) is 4.90 Å². The Kier molecular flexibility index (Phi) is 7.77. The maximum atomic E-state index is 13.9. The predicted octanol–water partition coefficient (Wildman–Crippen LogP) is 4.10. The molecule has 5 rings (SSSR count). The highest BCUT2D eigenvalue weighted by Gasteiger charge is 2.35. The van der Waals surface area contributed by atoms with Crippen molar-refractivity contribution in [1.82, 2.24) is 30.5 Å². The number of hydrogen-bond acceptors (Lipinski definition) is 6. The molecule has 9 nitrogen and oxygen atoms in total. The maximum Gasteiger partial charge on any atom is 0.251 e. The van der Waals surface area contributed by atoms with Crippen molar-refractivity contribution in [2.24, 2.45) is 0 Å². The molecule has 1 fully saturated rings. The Labute approximate surface area is 219 Å². The fourth-order valence-electron chi connectivity index (χ4n) is 4.70. The van der Waals surface area contributed by atoms with E-state index in [0.717, 1.165) is 37.7 Å². The molecule has 1 aliphatic carbocycles. The summed E-state index contributed by atoms with van der Waals surface area (Å²) in [4.78, 5) is 34.6. The highest BCUT2D eigenvalue weighted by Crippen LogP contribution is 2.29. The molecule has 0 unspecified atom stereocenters. The quantitative estimate of drug-likeness (QED) is 0.380. The monoisotopic (exact) mass is 513 g/mol. The number of aromatic nitrogens is 5. The molecule has 2 aromatic heterocycles. The van der Waals surface area contributed by atoms with Crippen molar-refractivity contribution in [3.05, 3.63) is 90.5 Å². The van der Waals surface area contributed by atoms with Crippen molar-refractivity contribution in [1.29, 1.82) is 0 Å². The smallest absolute Gasteiger partial charge is 0.251 e. The zero-order valence-corrected chi connectivity index (χ0v) is 20.8. The summed E-state index contributed by atoms with van der Waals surface area (Å²) in [6.45, 7) is -0.281. The summed E-state index contributed by atoms with van der Waals surface area (Å²) >= 11 is 0. The molecule has 0 aliphatic heterocycles. The van der Waals surface area contributed by atoms with Gasteiger partial charge in [0.05, 0.1) is 5.69 Å².